The predicted molar refractivity (Wildman–Crippen MR) is 124 cm³/mol. The molecular formula is C23H50O5Si. The molecule has 0 fully saturated rings. The lowest BCUT2D eigenvalue weighted by molar-refractivity contribution is -0.00511. The van der Waals surface area contributed by atoms with Crippen molar-refractivity contribution >= 4 is 8.32 Å². The van der Waals surface area contributed by atoms with Crippen LogP contribution < -0.4 is 0 Å². The van der Waals surface area contributed by atoms with E-state index in [1.165, 1.54) is 64.2 Å². The molecule has 0 atom stereocenters. The van der Waals surface area contributed by atoms with Crippen molar-refractivity contribution in [1.82, 2.24) is 0 Å². The van der Waals surface area contributed by atoms with Crippen molar-refractivity contribution < 1.29 is 23.4 Å². The fourth-order valence-corrected chi connectivity index (χ4v) is 3.56. The van der Waals surface area contributed by atoms with Gasteiger partial charge in [0, 0.05) is 6.61 Å². The maximum atomic E-state index is 5.71. The molecule has 0 aliphatic carbocycles. The van der Waals surface area contributed by atoms with Crippen LogP contribution in [0.2, 0.25) is 19.6 Å². The fraction of sp³-hybridized carbons (Fsp3) is 1.00. The van der Waals surface area contributed by atoms with Crippen LogP contribution in [0.3, 0.4) is 0 Å². The van der Waals surface area contributed by atoms with Crippen LogP contribution in [0.1, 0.15) is 71.1 Å². The molecule has 0 saturated carbocycles. The van der Waals surface area contributed by atoms with Gasteiger partial charge in [-0.1, -0.05) is 64.7 Å². The van der Waals surface area contributed by atoms with Crippen LogP contribution in [0.25, 0.3) is 0 Å². The molecule has 0 aliphatic rings. The van der Waals surface area contributed by atoms with Crippen LogP contribution >= 0.6 is 0 Å². The van der Waals surface area contributed by atoms with Gasteiger partial charge in [-0.15, -0.1) is 0 Å². The Bertz CT molecular complexity index is 310. The first-order chi connectivity index (χ1) is 14.1. The summed E-state index contributed by atoms with van der Waals surface area (Å²) in [5, 5.41) is 0. The smallest absolute Gasteiger partial charge is 0.183 e. The van der Waals surface area contributed by atoms with Gasteiger partial charge in [0.25, 0.3) is 0 Å². The molecule has 0 heterocycles. The minimum absolute atomic E-state index is 0.603. The first kappa shape index (κ1) is 29.0. The maximum Gasteiger partial charge on any atom is 0.183 e. The van der Waals surface area contributed by atoms with Gasteiger partial charge in [-0.3, -0.25) is 0 Å². The van der Waals surface area contributed by atoms with Gasteiger partial charge in [-0.2, -0.15) is 0 Å². The van der Waals surface area contributed by atoms with E-state index >= 15 is 0 Å². The molecular weight excluding hydrogens is 384 g/mol. The number of rotatable bonds is 24. The second-order valence-corrected chi connectivity index (χ2v) is 13.1. The summed E-state index contributed by atoms with van der Waals surface area (Å²) in [5.41, 5.74) is 0. The zero-order valence-electron chi connectivity index (χ0n) is 20.0. The molecule has 0 spiro atoms. The summed E-state index contributed by atoms with van der Waals surface area (Å²) in [5.74, 6) is 0. The van der Waals surface area contributed by atoms with Gasteiger partial charge in [0.15, 0.2) is 8.32 Å². The quantitative estimate of drug-likeness (QED) is 0.141. The van der Waals surface area contributed by atoms with Crippen molar-refractivity contribution in [2.24, 2.45) is 0 Å². The second-order valence-electron chi connectivity index (χ2n) is 8.59. The lowest BCUT2D eigenvalue weighted by Crippen LogP contribution is -2.27. The summed E-state index contributed by atoms with van der Waals surface area (Å²) in [6.07, 6.45) is 13.6. The highest BCUT2D eigenvalue weighted by Crippen LogP contribution is 2.10. The summed E-state index contributed by atoms with van der Waals surface area (Å²) >= 11 is 0. The highest BCUT2D eigenvalue weighted by Gasteiger charge is 2.12. The summed E-state index contributed by atoms with van der Waals surface area (Å²) in [4.78, 5) is 0. The van der Waals surface area contributed by atoms with Crippen LogP contribution in [-0.4, -0.2) is 67.8 Å². The zero-order valence-corrected chi connectivity index (χ0v) is 21.0. The molecule has 29 heavy (non-hydrogen) atoms. The van der Waals surface area contributed by atoms with E-state index in [1.807, 2.05) is 0 Å². The highest BCUT2D eigenvalue weighted by molar-refractivity contribution is 6.69. The average Bonchev–Trinajstić information content (AvgIpc) is 2.67. The minimum atomic E-state index is -1.41. The molecule has 0 radical (unpaired) electrons. The van der Waals surface area contributed by atoms with Crippen molar-refractivity contribution in [2.45, 2.75) is 90.8 Å². The van der Waals surface area contributed by atoms with Crippen LogP contribution in [0, 0.1) is 0 Å². The van der Waals surface area contributed by atoms with Crippen molar-refractivity contribution in [1.29, 1.82) is 0 Å². The largest absolute Gasteiger partial charge is 0.415 e. The normalized spacial score (nSPS) is 12.0. The van der Waals surface area contributed by atoms with Crippen LogP contribution in [0.5, 0.6) is 0 Å². The first-order valence-corrected chi connectivity index (χ1v) is 15.4. The summed E-state index contributed by atoms with van der Waals surface area (Å²) < 4.78 is 27.8. The van der Waals surface area contributed by atoms with Gasteiger partial charge < -0.3 is 23.4 Å². The van der Waals surface area contributed by atoms with E-state index in [0.29, 0.717) is 52.9 Å². The molecule has 0 rings (SSSR count). The van der Waals surface area contributed by atoms with Gasteiger partial charge in [0.1, 0.15) is 0 Å². The molecule has 0 bridgehead atoms. The Kier molecular flexibility index (Phi) is 22.7. The molecule has 0 saturated heterocycles. The molecule has 0 aromatic heterocycles. The van der Waals surface area contributed by atoms with Gasteiger partial charge in [0.2, 0.25) is 0 Å². The van der Waals surface area contributed by atoms with Gasteiger partial charge in [0.05, 0.1) is 52.9 Å². The van der Waals surface area contributed by atoms with Crippen molar-refractivity contribution in [3.63, 3.8) is 0 Å². The Hall–Kier alpha value is 0.0169. The van der Waals surface area contributed by atoms with Crippen LogP contribution in [0.4, 0.5) is 0 Å². The molecule has 0 aliphatic heterocycles. The second kappa shape index (κ2) is 22.7. The van der Waals surface area contributed by atoms with Gasteiger partial charge in [-0.05, 0) is 26.1 Å². The number of hydrogen-bond acceptors (Lipinski definition) is 5. The van der Waals surface area contributed by atoms with Crippen LogP contribution in [-0.2, 0) is 23.4 Å². The SMILES string of the molecule is CCCCCCCCCCCCOCCOCCOCCOCCO[Si](C)(C)C. The third kappa shape index (κ3) is 28.0. The predicted octanol–water partition coefficient (Wildman–Crippen LogP) is 5.83. The molecule has 0 N–H and O–H groups in total. The summed E-state index contributed by atoms with van der Waals surface area (Å²) in [6.45, 7) is 14.7. The summed E-state index contributed by atoms with van der Waals surface area (Å²) in [6, 6.07) is 0. The molecule has 0 amide bonds. The highest BCUT2D eigenvalue weighted by atomic mass is 28.4. The van der Waals surface area contributed by atoms with Crippen molar-refractivity contribution in [3.05, 3.63) is 0 Å². The molecule has 0 aromatic rings. The van der Waals surface area contributed by atoms with E-state index < -0.39 is 8.32 Å². The third-order valence-electron chi connectivity index (χ3n) is 4.52. The topological polar surface area (TPSA) is 46.2 Å². The molecule has 176 valence electrons. The Labute approximate surface area is 182 Å². The zero-order chi connectivity index (χ0) is 21.5. The number of unbranched alkanes of at least 4 members (excludes halogenated alkanes) is 9. The monoisotopic (exact) mass is 434 g/mol. The maximum absolute atomic E-state index is 5.71. The number of hydrogen-bond donors (Lipinski definition) is 0. The Balaban J connectivity index is 3.02. The van der Waals surface area contributed by atoms with E-state index in [1.54, 1.807) is 0 Å². The molecule has 5 nitrogen and oxygen atoms in total. The Morgan fingerprint density at radius 1 is 0.414 bits per heavy atom. The standard InChI is InChI=1S/C23H50O5Si/c1-5-6-7-8-9-10-11-12-13-14-15-24-16-17-25-18-19-26-20-21-27-22-23-28-29(2,3)4/h5-23H2,1-4H3. The van der Waals surface area contributed by atoms with Crippen molar-refractivity contribution in [2.75, 3.05) is 59.5 Å². The third-order valence-corrected chi connectivity index (χ3v) is 5.59. The average molecular weight is 435 g/mol. The van der Waals surface area contributed by atoms with E-state index in [2.05, 4.69) is 26.6 Å². The first-order valence-electron chi connectivity index (χ1n) is 12.0. The number of ether oxygens (including phenoxy) is 4. The summed E-state index contributed by atoms with van der Waals surface area (Å²) in [7, 11) is -1.41. The van der Waals surface area contributed by atoms with E-state index in [0.717, 1.165) is 6.61 Å². The van der Waals surface area contributed by atoms with Gasteiger partial charge >= 0.3 is 0 Å². The minimum Gasteiger partial charge on any atom is -0.415 e. The Morgan fingerprint density at radius 3 is 1.17 bits per heavy atom. The lowest BCUT2D eigenvalue weighted by Gasteiger charge is -2.16. The van der Waals surface area contributed by atoms with Gasteiger partial charge in [-0.25, -0.2) is 0 Å². The Morgan fingerprint density at radius 2 is 0.759 bits per heavy atom. The van der Waals surface area contributed by atoms with Crippen LogP contribution in [0.15, 0.2) is 0 Å². The van der Waals surface area contributed by atoms with E-state index in [9.17, 15) is 0 Å². The molecule has 6 heteroatoms. The fourth-order valence-electron chi connectivity index (χ4n) is 2.86. The molecule has 0 aromatic carbocycles. The lowest BCUT2D eigenvalue weighted by atomic mass is 10.1. The molecule has 0 unspecified atom stereocenters. The van der Waals surface area contributed by atoms with E-state index in [4.69, 9.17) is 23.4 Å². The van der Waals surface area contributed by atoms with E-state index in [-0.39, 0.29) is 0 Å². The van der Waals surface area contributed by atoms with Crippen molar-refractivity contribution in [3.8, 4) is 0 Å².